The number of fused-ring (bicyclic) bond motifs is 3. The Morgan fingerprint density at radius 1 is 1.48 bits per heavy atom. The molecule has 0 saturated carbocycles. The van der Waals surface area contributed by atoms with Crippen molar-refractivity contribution >= 4 is 5.97 Å². The SMILES string of the molecule is CCNC[C@@H]1C(=O)O[C@H]2[C@H]1CCC(C)=CCC[C@@]1(C)O[C@@H]21. The van der Waals surface area contributed by atoms with E-state index < -0.39 is 0 Å². The number of hydrogen-bond acceptors (Lipinski definition) is 4. The summed E-state index contributed by atoms with van der Waals surface area (Å²) < 4.78 is 11.7. The van der Waals surface area contributed by atoms with Gasteiger partial charge in [0.05, 0.1) is 11.5 Å². The molecule has 0 unspecified atom stereocenters. The van der Waals surface area contributed by atoms with Crippen LogP contribution in [0.3, 0.4) is 0 Å². The minimum Gasteiger partial charge on any atom is -0.459 e. The molecule has 0 aromatic heterocycles. The van der Waals surface area contributed by atoms with Gasteiger partial charge in [-0.25, -0.2) is 0 Å². The minimum absolute atomic E-state index is 0.0179. The molecule has 3 rings (SSSR count). The summed E-state index contributed by atoms with van der Waals surface area (Å²) >= 11 is 0. The van der Waals surface area contributed by atoms with E-state index in [-0.39, 0.29) is 35.6 Å². The van der Waals surface area contributed by atoms with E-state index in [2.05, 4.69) is 32.2 Å². The van der Waals surface area contributed by atoms with Gasteiger partial charge in [0, 0.05) is 12.5 Å². The monoisotopic (exact) mass is 293 g/mol. The lowest BCUT2D eigenvalue weighted by molar-refractivity contribution is -0.144. The van der Waals surface area contributed by atoms with Crippen LogP contribution in [0.2, 0.25) is 0 Å². The molecule has 2 saturated heterocycles. The highest BCUT2D eigenvalue weighted by Gasteiger charge is 2.62. The molecule has 21 heavy (non-hydrogen) atoms. The van der Waals surface area contributed by atoms with Gasteiger partial charge in [-0.2, -0.15) is 0 Å². The predicted molar refractivity (Wildman–Crippen MR) is 80.9 cm³/mol. The van der Waals surface area contributed by atoms with E-state index >= 15 is 0 Å². The third kappa shape index (κ3) is 2.88. The van der Waals surface area contributed by atoms with Crippen LogP contribution in [0.4, 0.5) is 0 Å². The predicted octanol–water partition coefficient (Wildman–Crippen LogP) is 2.43. The Kier molecular flexibility index (Phi) is 4.10. The number of ether oxygens (including phenoxy) is 2. The fraction of sp³-hybridized carbons (Fsp3) is 0.824. The van der Waals surface area contributed by atoms with Crippen LogP contribution in [-0.4, -0.2) is 36.9 Å². The first-order valence-electron chi connectivity index (χ1n) is 8.30. The summed E-state index contributed by atoms with van der Waals surface area (Å²) in [6.45, 7) is 8.03. The number of carbonyl (C=O) groups excluding carboxylic acids is 1. The van der Waals surface area contributed by atoms with E-state index in [4.69, 9.17) is 9.47 Å². The molecule has 2 fully saturated rings. The van der Waals surface area contributed by atoms with Gasteiger partial charge in [-0.05, 0) is 46.1 Å². The van der Waals surface area contributed by atoms with Gasteiger partial charge in [0.2, 0.25) is 0 Å². The van der Waals surface area contributed by atoms with Crippen molar-refractivity contribution < 1.29 is 14.3 Å². The summed E-state index contributed by atoms with van der Waals surface area (Å²) in [5.41, 5.74) is 1.34. The summed E-state index contributed by atoms with van der Waals surface area (Å²) in [6, 6.07) is 0. The van der Waals surface area contributed by atoms with E-state index in [0.29, 0.717) is 0 Å². The van der Waals surface area contributed by atoms with Gasteiger partial charge in [0.15, 0.2) is 0 Å². The Morgan fingerprint density at radius 3 is 3.05 bits per heavy atom. The minimum atomic E-state index is -0.0929. The molecule has 1 N–H and O–H groups in total. The third-order valence-corrected chi connectivity index (χ3v) is 5.35. The number of allylic oxidation sites excluding steroid dienone is 2. The van der Waals surface area contributed by atoms with Gasteiger partial charge in [-0.1, -0.05) is 18.6 Å². The number of nitrogens with one attached hydrogen (secondary N) is 1. The normalized spacial score (nSPS) is 42.6. The number of esters is 1. The van der Waals surface area contributed by atoms with E-state index in [0.717, 1.165) is 38.8 Å². The van der Waals surface area contributed by atoms with Crippen LogP contribution in [0.1, 0.15) is 46.5 Å². The first-order valence-corrected chi connectivity index (χ1v) is 8.30. The van der Waals surface area contributed by atoms with E-state index in [1.165, 1.54) is 5.57 Å². The van der Waals surface area contributed by atoms with Crippen LogP contribution in [0.25, 0.3) is 0 Å². The molecule has 3 aliphatic rings. The average Bonchev–Trinajstić information content (AvgIpc) is 3.00. The maximum Gasteiger partial charge on any atom is 0.311 e. The Bertz CT molecular complexity index is 447. The number of epoxide rings is 1. The topological polar surface area (TPSA) is 50.9 Å². The van der Waals surface area contributed by atoms with E-state index in [1.807, 2.05) is 0 Å². The van der Waals surface area contributed by atoms with Gasteiger partial charge in [-0.3, -0.25) is 4.79 Å². The lowest BCUT2D eigenvalue weighted by atomic mass is 9.80. The average molecular weight is 293 g/mol. The lowest BCUT2D eigenvalue weighted by Crippen LogP contribution is -2.34. The quantitative estimate of drug-likeness (QED) is 0.493. The molecule has 5 atom stereocenters. The van der Waals surface area contributed by atoms with E-state index in [9.17, 15) is 4.79 Å². The molecule has 1 aliphatic carbocycles. The first kappa shape index (κ1) is 15.0. The number of carbonyl (C=O) groups is 1. The Morgan fingerprint density at radius 2 is 2.29 bits per heavy atom. The highest BCUT2D eigenvalue weighted by molar-refractivity contribution is 5.75. The summed E-state index contributed by atoms with van der Waals surface area (Å²) in [5, 5.41) is 3.31. The van der Waals surface area contributed by atoms with Crippen molar-refractivity contribution in [3.05, 3.63) is 11.6 Å². The Balaban J connectivity index is 1.80. The molecule has 2 aliphatic heterocycles. The third-order valence-electron chi connectivity index (χ3n) is 5.35. The molecule has 0 spiro atoms. The van der Waals surface area contributed by atoms with Gasteiger partial charge in [-0.15, -0.1) is 0 Å². The summed E-state index contributed by atoms with van der Waals surface area (Å²) in [6.07, 6.45) is 6.55. The molecule has 0 amide bonds. The number of rotatable bonds is 3. The van der Waals surface area contributed by atoms with Crippen molar-refractivity contribution in [2.45, 2.75) is 64.3 Å². The van der Waals surface area contributed by atoms with Crippen LogP contribution < -0.4 is 5.32 Å². The zero-order valence-electron chi connectivity index (χ0n) is 13.4. The molecular formula is C17H27NO3. The van der Waals surface area contributed by atoms with Crippen LogP contribution in [0.15, 0.2) is 11.6 Å². The standard InChI is InChI=1S/C17H27NO3/c1-4-18-10-13-12-8-7-11(2)6-5-9-17(3)15(21-17)14(12)20-16(13)19/h6,12-15,18H,4-5,7-10H2,1-3H3/t12-,13-,14-,15-,17+/m0/s1. The van der Waals surface area contributed by atoms with Gasteiger partial charge in [0.25, 0.3) is 0 Å². The fourth-order valence-corrected chi connectivity index (χ4v) is 3.87. The largest absolute Gasteiger partial charge is 0.459 e. The molecule has 4 nitrogen and oxygen atoms in total. The molecule has 0 radical (unpaired) electrons. The maximum atomic E-state index is 12.3. The zero-order chi connectivity index (χ0) is 15.0. The number of hydrogen-bond donors (Lipinski definition) is 1. The van der Waals surface area contributed by atoms with Crippen LogP contribution >= 0.6 is 0 Å². The smallest absolute Gasteiger partial charge is 0.311 e. The Labute approximate surface area is 127 Å². The summed E-state index contributed by atoms with van der Waals surface area (Å²) in [5.74, 6) is 0.227. The molecular weight excluding hydrogens is 266 g/mol. The second-order valence-corrected chi connectivity index (χ2v) is 6.96. The van der Waals surface area contributed by atoms with Gasteiger partial charge >= 0.3 is 5.97 Å². The lowest BCUT2D eigenvalue weighted by Gasteiger charge is -2.22. The molecule has 118 valence electrons. The highest BCUT2D eigenvalue weighted by atomic mass is 16.6. The van der Waals surface area contributed by atoms with Crippen LogP contribution in [0.5, 0.6) is 0 Å². The van der Waals surface area contributed by atoms with Crippen molar-refractivity contribution in [1.82, 2.24) is 5.32 Å². The second kappa shape index (κ2) is 5.73. The Hall–Kier alpha value is -0.870. The maximum absolute atomic E-state index is 12.3. The highest BCUT2D eigenvalue weighted by Crippen LogP contribution is 2.50. The summed E-state index contributed by atoms with van der Waals surface area (Å²) in [7, 11) is 0. The fourth-order valence-electron chi connectivity index (χ4n) is 3.87. The molecule has 2 heterocycles. The molecule has 4 heteroatoms. The molecule has 0 aromatic carbocycles. The zero-order valence-corrected chi connectivity index (χ0v) is 13.4. The van der Waals surface area contributed by atoms with Crippen molar-refractivity contribution in [3.8, 4) is 0 Å². The van der Waals surface area contributed by atoms with Crippen molar-refractivity contribution in [1.29, 1.82) is 0 Å². The van der Waals surface area contributed by atoms with Gasteiger partial charge in [0.1, 0.15) is 12.2 Å². The molecule has 0 aromatic rings. The van der Waals surface area contributed by atoms with Crippen LogP contribution in [0, 0.1) is 11.8 Å². The van der Waals surface area contributed by atoms with Gasteiger partial charge < -0.3 is 14.8 Å². The second-order valence-electron chi connectivity index (χ2n) is 6.96. The molecule has 0 bridgehead atoms. The van der Waals surface area contributed by atoms with Crippen molar-refractivity contribution in [3.63, 3.8) is 0 Å². The van der Waals surface area contributed by atoms with Crippen LogP contribution in [-0.2, 0) is 14.3 Å². The first-order chi connectivity index (χ1) is 10.0. The van der Waals surface area contributed by atoms with E-state index in [1.54, 1.807) is 0 Å². The van der Waals surface area contributed by atoms with Crippen molar-refractivity contribution in [2.75, 3.05) is 13.1 Å². The summed E-state index contributed by atoms with van der Waals surface area (Å²) in [4.78, 5) is 12.3. The van der Waals surface area contributed by atoms with Crippen molar-refractivity contribution in [2.24, 2.45) is 11.8 Å².